The first-order valence-corrected chi connectivity index (χ1v) is 6.31. The second-order valence-corrected chi connectivity index (χ2v) is 4.88. The fourth-order valence-corrected chi connectivity index (χ4v) is 1.64. The molecule has 2 rings (SSSR count). The molecule has 19 heavy (non-hydrogen) atoms. The first-order valence-electron chi connectivity index (χ1n) is 5.94. The molecular formula is C13H13ClFNO3. The number of amides is 1. The Hall–Kier alpha value is -1.62. The molecule has 0 spiro atoms. The van der Waals surface area contributed by atoms with E-state index in [2.05, 4.69) is 5.32 Å². The Bertz CT molecular complexity index is 517. The molecule has 0 aliphatic heterocycles. The first kappa shape index (κ1) is 13.8. The molecular weight excluding hydrogens is 273 g/mol. The van der Waals surface area contributed by atoms with Crippen LogP contribution in [0.25, 0.3) is 0 Å². The fraction of sp³-hybridized carbons (Fsp3) is 0.385. The third-order valence-corrected chi connectivity index (χ3v) is 3.05. The molecule has 0 heterocycles. The second kappa shape index (κ2) is 5.57. The summed E-state index contributed by atoms with van der Waals surface area (Å²) in [7, 11) is 0. The average Bonchev–Trinajstić information content (AvgIpc) is 3.17. The molecule has 1 amide bonds. The van der Waals surface area contributed by atoms with Crippen molar-refractivity contribution in [1.82, 2.24) is 0 Å². The maximum Gasteiger partial charge on any atom is 0.309 e. The van der Waals surface area contributed by atoms with Gasteiger partial charge < -0.3 is 10.1 Å². The van der Waals surface area contributed by atoms with Crippen LogP contribution in [0.2, 0.25) is 5.02 Å². The summed E-state index contributed by atoms with van der Waals surface area (Å²) in [5, 5.41) is 2.42. The zero-order chi connectivity index (χ0) is 14.0. The molecule has 4 nitrogen and oxygen atoms in total. The van der Waals surface area contributed by atoms with Crippen LogP contribution in [0, 0.1) is 11.7 Å². The zero-order valence-electron chi connectivity index (χ0n) is 10.3. The molecule has 1 N–H and O–H groups in total. The number of hydrogen-bond donors (Lipinski definition) is 1. The minimum Gasteiger partial charge on any atom is -0.452 e. The first-order chi connectivity index (χ1) is 8.97. The van der Waals surface area contributed by atoms with Gasteiger partial charge in [-0.25, -0.2) is 4.39 Å². The molecule has 1 saturated carbocycles. The van der Waals surface area contributed by atoms with Crippen molar-refractivity contribution in [2.45, 2.75) is 25.9 Å². The predicted molar refractivity (Wildman–Crippen MR) is 68.3 cm³/mol. The Kier molecular flexibility index (Phi) is 4.04. The van der Waals surface area contributed by atoms with Gasteiger partial charge in [0.15, 0.2) is 6.10 Å². The van der Waals surface area contributed by atoms with Gasteiger partial charge in [-0.1, -0.05) is 11.6 Å². The van der Waals surface area contributed by atoms with Crippen LogP contribution < -0.4 is 5.32 Å². The lowest BCUT2D eigenvalue weighted by Gasteiger charge is -2.13. The van der Waals surface area contributed by atoms with Gasteiger partial charge in [0, 0.05) is 5.69 Å². The van der Waals surface area contributed by atoms with Crippen LogP contribution in [0.15, 0.2) is 18.2 Å². The maximum absolute atomic E-state index is 12.9. The monoisotopic (exact) mass is 285 g/mol. The van der Waals surface area contributed by atoms with Crippen LogP contribution in [-0.4, -0.2) is 18.0 Å². The van der Waals surface area contributed by atoms with E-state index >= 15 is 0 Å². The van der Waals surface area contributed by atoms with E-state index in [0.717, 1.165) is 18.9 Å². The highest BCUT2D eigenvalue weighted by Crippen LogP contribution is 2.30. The number of benzene rings is 1. The fourth-order valence-electron chi connectivity index (χ4n) is 1.46. The van der Waals surface area contributed by atoms with Crippen molar-refractivity contribution in [3.8, 4) is 0 Å². The maximum atomic E-state index is 12.9. The zero-order valence-corrected chi connectivity index (χ0v) is 11.0. The largest absolute Gasteiger partial charge is 0.452 e. The molecule has 1 atom stereocenters. The third-order valence-electron chi connectivity index (χ3n) is 2.76. The number of anilines is 1. The summed E-state index contributed by atoms with van der Waals surface area (Å²) in [6.45, 7) is 1.49. The normalized spacial score (nSPS) is 15.7. The van der Waals surface area contributed by atoms with Crippen LogP contribution in [0.4, 0.5) is 10.1 Å². The van der Waals surface area contributed by atoms with E-state index in [1.807, 2.05) is 0 Å². The highest BCUT2D eigenvalue weighted by molar-refractivity contribution is 6.31. The van der Waals surface area contributed by atoms with Gasteiger partial charge in [0.25, 0.3) is 5.91 Å². The molecule has 1 aromatic rings. The second-order valence-electron chi connectivity index (χ2n) is 4.47. The van der Waals surface area contributed by atoms with E-state index in [0.29, 0.717) is 5.69 Å². The number of carbonyl (C=O) groups excluding carboxylic acids is 2. The highest BCUT2D eigenvalue weighted by Gasteiger charge is 2.33. The Morgan fingerprint density at radius 2 is 2.16 bits per heavy atom. The van der Waals surface area contributed by atoms with Gasteiger partial charge in [-0.3, -0.25) is 9.59 Å². The van der Waals surface area contributed by atoms with Crippen molar-refractivity contribution in [3.63, 3.8) is 0 Å². The molecule has 0 bridgehead atoms. The van der Waals surface area contributed by atoms with Gasteiger partial charge in [-0.15, -0.1) is 0 Å². The number of esters is 1. The van der Waals surface area contributed by atoms with Crippen LogP contribution >= 0.6 is 11.6 Å². The van der Waals surface area contributed by atoms with Crippen molar-refractivity contribution < 1.29 is 18.7 Å². The van der Waals surface area contributed by atoms with Gasteiger partial charge in [0.05, 0.1) is 10.9 Å². The number of carbonyl (C=O) groups is 2. The summed E-state index contributed by atoms with van der Waals surface area (Å²) in [5.41, 5.74) is 0.353. The van der Waals surface area contributed by atoms with Crippen LogP contribution in [0.5, 0.6) is 0 Å². The molecule has 1 aliphatic rings. The van der Waals surface area contributed by atoms with Gasteiger partial charge in [0.2, 0.25) is 0 Å². The Morgan fingerprint density at radius 1 is 1.47 bits per heavy atom. The summed E-state index contributed by atoms with van der Waals surface area (Å²) in [6.07, 6.45) is 0.749. The lowest BCUT2D eigenvalue weighted by Crippen LogP contribution is -2.30. The summed E-state index contributed by atoms with van der Waals surface area (Å²) >= 11 is 5.60. The Morgan fingerprint density at radius 3 is 2.74 bits per heavy atom. The topological polar surface area (TPSA) is 55.4 Å². The number of rotatable bonds is 4. The van der Waals surface area contributed by atoms with Crippen molar-refractivity contribution in [2.75, 3.05) is 5.32 Å². The Labute approximate surface area is 114 Å². The van der Waals surface area contributed by atoms with Gasteiger partial charge in [-0.05, 0) is 38.0 Å². The van der Waals surface area contributed by atoms with Crippen LogP contribution in [-0.2, 0) is 14.3 Å². The number of hydrogen-bond acceptors (Lipinski definition) is 3. The molecule has 0 unspecified atom stereocenters. The average molecular weight is 286 g/mol. The standard InChI is InChI=1S/C13H13ClFNO3/c1-7(19-13(18)8-2-3-8)12(17)16-9-4-5-11(15)10(14)6-9/h4-8H,2-3H2,1H3,(H,16,17)/t7-/m1/s1. The van der Waals surface area contributed by atoms with Gasteiger partial charge in [-0.2, -0.15) is 0 Å². The van der Waals surface area contributed by atoms with Gasteiger partial charge in [0.1, 0.15) is 5.82 Å². The van der Waals surface area contributed by atoms with E-state index in [1.165, 1.54) is 19.1 Å². The Balaban J connectivity index is 1.91. The minimum absolute atomic E-state index is 0.0597. The van der Waals surface area contributed by atoms with E-state index < -0.39 is 17.8 Å². The van der Waals surface area contributed by atoms with Crippen molar-refractivity contribution in [1.29, 1.82) is 0 Å². The van der Waals surface area contributed by atoms with Crippen LogP contribution in [0.1, 0.15) is 19.8 Å². The molecule has 0 aromatic heterocycles. The van der Waals surface area contributed by atoms with E-state index in [4.69, 9.17) is 16.3 Å². The smallest absolute Gasteiger partial charge is 0.309 e. The third kappa shape index (κ3) is 3.67. The van der Waals surface area contributed by atoms with Crippen molar-refractivity contribution >= 4 is 29.2 Å². The highest BCUT2D eigenvalue weighted by atomic mass is 35.5. The summed E-state index contributed by atoms with van der Waals surface area (Å²) in [4.78, 5) is 23.2. The molecule has 0 radical (unpaired) electrons. The van der Waals surface area contributed by atoms with E-state index in [1.54, 1.807) is 0 Å². The van der Waals surface area contributed by atoms with Gasteiger partial charge >= 0.3 is 5.97 Å². The van der Waals surface area contributed by atoms with E-state index in [-0.39, 0.29) is 16.9 Å². The molecule has 1 aromatic carbocycles. The molecule has 0 saturated heterocycles. The minimum atomic E-state index is -0.892. The van der Waals surface area contributed by atoms with Crippen molar-refractivity contribution in [3.05, 3.63) is 29.0 Å². The summed E-state index contributed by atoms with van der Waals surface area (Å²) in [5.74, 6) is -1.44. The SMILES string of the molecule is C[C@@H](OC(=O)C1CC1)C(=O)Nc1ccc(F)c(Cl)c1. The quantitative estimate of drug-likeness (QED) is 0.866. The molecule has 102 valence electrons. The van der Waals surface area contributed by atoms with E-state index in [9.17, 15) is 14.0 Å². The number of halogens is 2. The summed E-state index contributed by atoms with van der Waals surface area (Å²) in [6, 6.07) is 3.83. The number of ether oxygens (including phenoxy) is 1. The molecule has 6 heteroatoms. The lowest BCUT2D eigenvalue weighted by atomic mass is 10.3. The number of nitrogens with one attached hydrogen (secondary N) is 1. The van der Waals surface area contributed by atoms with Crippen molar-refractivity contribution in [2.24, 2.45) is 5.92 Å². The molecule has 1 fully saturated rings. The van der Waals surface area contributed by atoms with Crippen LogP contribution in [0.3, 0.4) is 0 Å². The molecule has 1 aliphatic carbocycles. The summed E-state index contributed by atoms with van der Waals surface area (Å²) < 4.78 is 18.0. The predicted octanol–water partition coefficient (Wildman–Crippen LogP) is 2.76. The lowest BCUT2D eigenvalue weighted by molar-refractivity contribution is -0.154.